The fourth-order valence-electron chi connectivity index (χ4n) is 4.70. The molecule has 0 saturated carbocycles. The number of carbonyl (C=O) groups excluding carboxylic acids is 1. The van der Waals surface area contributed by atoms with Crippen molar-refractivity contribution in [2.75, 3.05) is 7.11 Å². The van der Waals surface area contributed by atoms with Gasteiger partial charge in [0.1, 0.15) is 34.5 Å². The Kier molecular flexibility index (Phi) is 4.77. The van der Waals surface area contributed by atoms with Crippen LogP contribution in [0.5, 0.6) is 17.2 Å². The number of hydrogen-bond donors (Lipinski definition) is 1. The summed E-state index contributed by atoms with van der Waals surface area (Å²) in [6.45, 7) is 0. The van der Waals surface area contributed by atoms with E-state index >= 15 is 0 Å². The van der Waals surface area contributed by atoms with Gasteiger partial charge in [-0.25, -0.2) is 0 Å². The van der Waals surface area contributed by atoms with E-state index in [9.17, 15) is 14.7 Å². The topological polar surface area (TPSA) is 98.9 Å². The van der Waals surface area contributed by atoms with E-state index in [-0.39, 0.29) is 34.3 Å². The van der Waals surface area contributed by atoms with Crippen LogP contribution in [-0.2, 0) is 4.79 Å². The van der Waals surface area contributed by atoms with Crippen molar-refractivity contribution in [2.24, 2.45) is 0 Å². The molecule has 0 amide bonds. The number of rotatable bonds is 3. The Morgan fingerprint density at radius 1 is 1.06 bits per heavy atom. The van der Waals surface area contributed by atoms with Gasteiger partial charge in [0.2, 0.25) is 5.43 Å². The molecule has 35 heavy (non-hydrogen) atoms. The van der Waals surface area contributed by atoms with E-state index in [2.05, 4.69) is 4.98 Å². The molecule has 1 N–H and O–H groups in total. The third kappa shape index (κ3) is 3.40. The smallest absolute Gasteiger partial charge is 0.312 e. The lowest BCUT2D eigenvalue weighted by Crippen LogP contribution is -2.22. The van der Waals surface area contributed by atoms with Crippen LogP contribution in [0.4, 0.5) is 0 Å². The Morgan fingerprint density at radius 3 is 2.69 bits per heavy atom. The van der Waals surface area contributed by atoms with Crippen molar-refractivity contribution in [1.82, 2.24) is 4.98 Å². The van der Waals surface area contributed by atoms with Gasteiger partial charge >= 0.3 is 5.97 Å². The molecule has 1 aliphatic rings. The molecular formula is C28H19NO6. The SMILES string of the molecule is COc1ccc(-c2coc3c4c(cc(O)c3c2=O)OC(=O)C[C@@H]4c2ccc3ncccc3c2)cc1. The second kappa shape index (κ2) is 7.99. The van der Waals surface area contributed by atoms with Crippen LogP contribution in [0.25, 0.3) is 33.0 Å². The zero-order chi connectivity index (χ0) is 24.1. The fraction of sp³-hybridized carbons (Fsp3) is 0.107. The molecule has 3 aromatic carbocycles. The third-order valence-electron chi connectivity index (χ3n) is 6.40. The summed E-state index contributed by atoms with van der Waals surface area (Å²) < 4.78 is 16.6. The standard InChI is InChI=1S/C28H19NO6/c1-33-18-7-4-15(5-8-18)20-14-34-28-25-19(16-6-9-21-17(11-16)3-2-10-29-21)12-24(31)35-23(25)13-22(30)26(28)27(20)32/h2-11,13-14,19,30H,12H2,1H3/t19-/m1/s1. The largest absolute Gasteiger partial charge is 0.507 e. The maximum Gasteiger partial charge on any atom is 0.312 e. The molecule has 0 aliphatic carbocycles. The van der Waals surface area contributed by atoms with Gasteiger partial charge in [-0.05, 0) is 41.5 Å². The van der Waals surface area contributed by atoms with Crippen LogP contribution in [0.3, 0.4) is 0 Å². The lowest BCUT2D eigenvalue weighted by atomic mass is 9.84. The van der Waals surface area contributed by atoms with Gasteiger partial charge in [-0.2, -0.15) is 0 Å². The quantitative estimate of drug-likeness (QED) is 0.290. The van der Waals surface area contributed by atoms with E-state index in [1.165, 1.54) is 12.3 Å². The van der Waals surface area contributed by atoms with Gasteiger partial charge in [0, 0.05) is 29.1 Å². The van der Waals surface area contributed by atoms with Crippen LogP contribution in [0, 0.1) is 0 Å². The number of aromatic hydroxyl groups is 1. The Labute approximate surface area is 199 Å². The average molecular weight is 465 g/mol. The van der Waals surface area contributed by atoms with Crippen LogP contribution in [-0.4, -0.2) is 23.2 Å². The number of nitrogens with zero attached hydrogens (tertiary/aromatic N) is 1. The van der Waals surface area contributed by atoms with Crippen molar-refractivity contribution in [1.29, 1.82) is 0 Å². The number of ether oxygens (including phenoxy) is 2. The molecule has 0 unspecified atom stereocenters. The van der Waals surface area contributed by atoms with Crippen LogP contribution in [0.1, 0.15) is 23.5 Å². The van der Waals surface area contributed by atoms with Crippen molar-refractivity contribution < 1.29 is 23.8 Å². The first-order chi connectivity index (χ1) is 17.0. The molecule has 0 saturated heterocycles. The number of esters is 1. The normalized spacial score (nSPS) is 15.1. The highest BCUT2D eigenvalue weighted by Gasteiger charge is 2.33. The van der Waals surface area contributed by atoms with Crippen LogP contribution < -0.4 is 14.9 Å². The first kappa shape index (κ1) is 20.9. The summed E-state index contributed by atoms with van der Waals surface area (Å²) in [4.78, 5) is 30.3. The van der Waals surface area contributed by atoms with Gasteiger partial charge in [0.25, 0.3) is 0 Å². The minimum Gasteiger partial charge on any atom is -0.507 e. The van der Waals surface area contributed by atoms with Gasteiger partial charge in [0.15, 0.2) is 0 Å². The zero-order valence-corrected chi connectivity index (χ0v) is 18.6. The molecule has 7 heteroatoms. The van der Waals surface area contributed by atoms with Crippen LogP contribution >= 0.6 is 0 Å². The molecule has 2 aromatic heterocycles. The number of aromatic nitrogens is 1. The molecule has 0 radical (unpaired) electrons. The number of hydrogen-bond acceptors (Lipinski definition) is 7. The molecule has 1 aliphatic heterocycles. The average Bonchev–Trinajstić information content (AvgIpc) is 2.88. The van der Waals surface area contributed by atoms with E-state index in [1.807, 2.05) is 30.3 Å². The summed E-state index contributed by atoms with van der Waals surface area (Å²) in [7, 11) is 1.57. The van der Waals surface area contributed by atoms with Gasteiger partial charge < -0.3 is 19.0 Å². The number of benzene rings is 3. The summed E-state index contributed by atoms with van der Waals surface area (Å²) in [5, 5.41) is 11.7. The van der Waals surface area contributed by atoms with Gasteiger partial charge in [-0.15, -0.1) is 0 Å². The first-order valence-electron chi connectivity index (χ1n) is 11.0. The molecule has 3 heterocycles. The molecular weight excluding hydrogens is 446 g/mol. The number of pyridine rings is 1. The molecule has 0 spiro atoms. The predicted octanol–water partition coefficient (Wildman–Crippen LogP) is 5.16. The summed E-state index contributed by atoms with van der Waals surface area (Å²) in [5.74, 6) is -0.313. The molecule has 172 valence electrons. The van der Waals surface area contributed by atoms with E-state index in [0.717, 1.165) is 16.5 Å². The lowest BCUT2D eigenvalue weighted by Gasteiger charge is -2.26. The third-order valence-corrected chi connectivity index (χ3v) is 6.40. The number of phenols is 1. The van der Waals surface area contributed by atoms with Gasteiger partial charge in [-0.3, -0.25) is 14.6 Å². The van der Waals surface area contributed by atoms with E-state index in [1.54, 1.807) is 37.6 Å². The van der Waals surface area contributed by atoms with Crippen molar-refractivity contribution in [2.45, 2.75) is 12.3 Å². The summed E-state index contributed by atoms with van der Waals surface area (Å²) in [6, 6.07) is 17.9. The molecule has 0 fully saturated rings. The number of phenolic OH excluding ortho intramolecular Hbond substituents is 1. The molecule has 0 bridgehead atoms. The zero-order valence-electron chi connectivity index (χ0n) is 18.6. The molecule has 5 aromatic rings. The second-order valence-corrected chi connectivity index (χ2v) is 8.40. The Bertz CT molecular complexity index is 1690. The summed E-state index contributed by atoms with van der Waals surface area (Å²) in [6.07, 6.45) is 3.17. The molecule has 6 rings (SSSR count). The number of carbonyl (C=O) groups is 1. The Balaban J connectivity index is 1.57. The van der Waals surface area contributed by atoms with Crippen LogP contribution in [0.15, 0.2) is 82.3 Å². The lowest BCUT2D eigenvalue weighted by molar-refractivity contribution is -0.135. The monoisotopic (exact) mass is 465 g/mol. The predicted molar refractivity (Wildman–Crippen MR) is 130 cm³/mol. The van der Waals surface area contributed by atoms with Crippen molar-refractivity contribution in [3.8, 4) is 28.4 Å². The summed E-state index contributed by atoms with van der Waals surface area (Å²) in [5.41, 5.74) is 3.00. The van der Waals surface area contributed by atoms with Crippen LogP contribution in [0.2, 0.25) is 0 Å². The molecule has 1 atom stereocenters. The van der Waals surface area contributed by atoms with E-state index in [4.69, 9.17) is 13.9 Å². The minimum atomic E-state index is -0.426. The van der Waals surface area contributed by atoms with Gasteiger partial charge in [0.05, 0.1) is 24.6 Å². The van der Waals surface area contributed by atoms with Crippen molar-refractivity contribution in [3.63, 3.8) is 0 Å². The highest BCUT2D eigenvalue weighted by atomic mass is 16.5. The minimum absolute atomic E-state index is 0.0440. The molecule has 7 nitrogen and oxygen atoms in total. The van der Waals surface area contributed by atoms with E-state index in [0.29, 0.717) is 22.4 Å². The maximum atomic E-state index is 13.5. The van der Waals surface area contributed by atoms with E-state index < -0.39 is 11.9 Å². The number of methoxy groups -OCH3 is 1. The maximum absolute atomic E-state index is 13.5. The Morgan fingerprint density at radius 2 is 1.89 bits per heavy atom. The first-order valence-corrected chi connectivity index (χ1v) is 11.0. The number of fused-ring (bicyclic) bond motifs is 4. The second-order valence-electron chi connectivity index (χ2n) is 8.40. The fourth-order valence-corrected chi connectivity index (χ4v) is 4.70. The Hall–Kier alpha value is -4.65. The van der Waals surface area contributed by atoms with Gasteiger partial charge in [-0.1, -0.05) is 24.3 Å². The van der Waals surface area contributed by atoms with Crippen molar-refractivity contribution in [3.05, 3.63) is 94.5 Å². The van der Waals surface area contributed by atoms with Crippen molar-refractivity contribution >= 4 is 27.8 Å². The summed E-state index contributed by atoms with van der Waals surface area (Å²) >= 11 is 0. The highest BCUT2D eigenvalue weighted by Crippen LogP contribution is 2.46. The highest BCUT2D eigenvalue weighted by molar-refractivity contribution is 5.94.